The lowest BCUT2D eigenvalue weighted by Crippen LogP contribution is -2.34. The number of hydrogen-bond donors (Lipinski definition) is 0. The maximum atomic E-state index is 12.9. The van der Waals surface area contributed by atoms with Gasteiger partial charge in [0.15, 0.2) is 0 Å². The van der Waals surface area contributed by atoms with E-state index in [0.717, 1.165) is 69.1 Å². The minimum Gasteiger partial charge on any atom is -0.464 e. The molecule has 136 valence electrons. The molecule has 1 aromatic heterocycles. The molecule has 1 saturated heterocycles. The van der Waals surface area contributed by atoms with E-state index in [1.807, 2.05) is 17.9 Å². The number of furan rings is 1. The van der Waals surface area contributed by atoms with Crippen molar-refractivity contribution in [1.29, 1.82) is 0 Å². The molecule has 1 aromatic rings. The Kier molecular flexibility index (Phi) is 6.87. The lowest BCUT2D eigenvalue weighted by atomic mass is 10.1. The summed E-state index contributed by atoms with van der Waals surface area (Å²) in [7, 11) is 4.25. The monoisotopic (exact) mass is 335 g/mol. The highest BCUT2D eigenvalue weighted by Crippen LogP contribution is 2.21. The molecule has 0 aliphatic carbocycles. The molecule has 1 atom stereocenters. The maximum absolute atomic E-state index is 12.9. The number of likely N-dealkylation sites (tertiary alicyclic amines) is 1. The van der Waals surface area contributed by atoms with Crippen LogP contribution in [0.15, 0.2) is 10.5 Å². The summed E-state index contributed by atoms with van der Waals surface area (Å²) >= 11 is 0. The molecule has 0 aromatic carbocycles. The fourth-order valence-electron chi connectivity index (χ4n) is 3.47. The first-order valence-corrected chi connectivity index (χ1v) is 9.23. The third-order valence-corrected chi connectivity index (χ3v) is 5.19. The topological polar surface area (TPSA) is 39.9 Å². The molecule has 24 heavy (non-hydrogen) atoms. The summed E-state index contributed by atoms with van der Waals surface area (Å²) in [6.45, 7) is 10.6. The molecule has 0 bridgehead atoms. The van der Waals surface area contributed by atoms with Gasteiger partial charge < -0.3 is 14.2 Å². The predicted octanol–water partition coefficient (Wildman–Crippen LogP) is 2.99. The first-order chi connectivity index (χ1) is 11.5. The highest BCUT2D eigenvalue weighted by molar-refractivity contribution is 5.95. The number of amides is 1. The van der Waals surface area contributed by atoms with Gasteiger partial charge in [0.1, 0.15) is 11.5 Å². The molecule has 1 aliphatic heterocycles. The highest BCUT2D eigenvalue weighted by atomic mass is 16.3. The second-order valence-electron chi connectivity index (χ2n) is 6.98. The fraction of sp³-hybridized carbons (Fsp3) is 0.737. The predicted molar refractivity (Wildman–Crippen MR) is 97.3 cm³/mol. The number of carbonyl (C=O) groups excluding carboxylic acids is 1. The number of rotatable bonds is 6. The van der Waals surface area contributed by atoms with Crippen LogP contribution in [0.3, 0.4) is 0 Å². The fourth-order valence-corrected chi connectivity index (χ4v) is 3.47. The first kappa shape index (κ1) is 19.0. The van der Waals surface area contributed by atoms with Gasteiger partial charge in [0.25, 0.3) is 5.91 Å². The number of aryl methyl sites for hydroxylation is 1. The zero-order chi connectivity index (χ0) is 17.7. The Bertz CT molecular complexity index is 535. The Morgan fingerprint density at radius 1 is 1.25 bits per heavy atom. The normalized spacial score (nSPS) is 19.1. The van der Waals surface area contributed by atoms with Gasteiger partial charge in [-0.1, -0.05) is 13.8 Å². The summed E-state index contributed by atoms with van der Waals surface area (Å²) in [6, 6.07) is 2.52. The van der Waals surface area contributed by atoms with Crippen LogP contribution in [0.25, 0.3) is 0 Å². The molecule has 2 rings (SSSR count). The highest BCUT2D eigenvalue weighted by Gasteiger charge is 2.25. The van der Waals surface area contributed by atoms with E-state index >= 15 is 0 Å². The third kappa shape index (κ3) is 4.61. The minimum absolute atomic E-state index is 0.126. The number of hydrogen-bond acceptors (Lipinski definition) is 4. The van der Waals surface area contributed by atoms with E-state index in [1.165, 1.54) is 0 Å². The summed E-state index contributed by atoms with van der Waals surface area (Å²) in [5, 5.41) is 0. The smallest absolute Gasteiger partial charge is 0.257 e. The van der Waals surface area contributed by atoms with Gasteiger partial charge in [-0.05, 0) is 59.4 Å². The molecule has 0 spiro atoms. The largest absolute Gasteiger partial charge is 0.464 e. The average Bonchev–Trinajstić information content (AvgIpc) is 2.76. The molecular weight excluding hydrogens is 302 g/mol. The van der Waals surface area contributed by atoms with Gasteiger partial charge in [0, 0.05) is 19.1 Å². The molecule has 5 nitrogen and oxygen atoms in total. The Hall–Kier alpha value is -1.33. The van der Waals surface area contributed by atoms with Crippen molar-refractivity contribution in [2.75, 3.05) is 40.3 Å². The molecule has 0 radical (unpaired) electrons. The van der Waals surface area contributed by atoms with Crippen LogP contribution in [0, 0.1) is 6.92 Å². The maximum Gasteiger partial charge on any atom is 0.257 e. The van der Waals surface area contributed by atoms with Crippen LogP contribution in [0.2, 0.25) is 0 Å². The average molecular weight is 335 g/mol. The number of carbonyl (C=O) groups is 1. The van der Waals surface area contributed by atoms with Crippen molar-refractivity contribution in [3.8, 4) is 0 Å². The summed E-state index contributed by atoms with van der Waals surface area (Å²) in [5.41, 5.74) is 0.737. The Morgan fingerprint density at radius 3 is 2.58 bits per heavy atom. The lowest BCUT2D eigenvalue weighted by Gasteiger charge is -2.23. The molecule has 1 aliphatic rings. The van der Waals surface area contributed by atoms with Crippen molar-refractivity contribution in [3.63, 3.8) is 0 Å². The Morgan fingerprint density at radius 2 is 1.96 bits per heavy atom. The van der Waals surface area contributed by atoms with Crippen LogP contribution in [0.1, 0.15) is 55.0 Å². The molecule has 1 unspecified atom stereocenters. The van der Waals surface area contributed by atoms with E-state index in [-0.39, 0.29) is 5.91 Å². The zero-order valence-electron chi connectivity index (χ0n) is 16.0. The summed E-state index contributed by atoms with van der Waals surface area (Å²) in [4.78, 5) is 19.5. The van der Waals surface area contributed by atoms with Gasteiger partial charge in [-0.25, -0.2) is 0 Å². The van der Waals surface area contributed by atoms with Crippen LogP contribution in [-0.4, -0.2) is 66.9 Å². The van der Waals surface area contributed by atoms with Crippen molar-refractivity contribution in [1.82, 2.24) is 14.7 Å². The van der Waals surface area contributed by atoms with E-state index in [1.54, 1.807) is 0 Å². The van der Waals surface area contributed by atoms with Crippen molar-refractivity contribution in [2.45, 2.75) is 52.6 Å². The summed E-state index contributed by atoms with van der Waals surface area (Å²) in [6.07, 6.45) is 3.27. The Labute approximate surface area is 146 Å². The van der Waals surface area contributed by atoms with Crippen LogP contribution >= 0.6 is 0 Å². The standard InChI is InChI=1S/C19H33N3O2/c1-6-21(7-2)14-17-13-18(15(3)24-17)19(23)22-11-8-9-16(10-12-22)20(4)5/h13,16H,6-12,14H2,1-5H3. The van der Waals surface area contributed by atoms with Crippen molar-refractivity contribution >= 4 is 5.91 Å². The zero-order valence-corrected chi connectivity index (χ0v) is 16.0. The minimum atomic E-state index is 0.126. The van der Waals surface area contributed by atoms with Crippen molar-refractivity contribution in [2.24, 2.45) is 0 Å². The van der Waals surface area contributed by atoms with Gasteiger partial charge in [0.05, 0.1) is 12.1 Å². The van der Waals surface area contributed by atoms with E-state index in [2.05, 4.69) is 37.7 Å². The van der Waals surface area contributed by atoms with E-state index in [9.17, 15) is 4.79 Å². The van der Waals surface area contributed by atoms with Gasteiger partial charge in [-0.3, -0.25) is 9.69 Å². The molecule has 2 heterocycles. The summed E-state index contributed by atoms with van der Waals surface area (Å²) in [5.74, 6) is 1.76. The first-order valence-electron chi connectivity index (χ1n) is 9.23. The molecular formula is C19H33N3O2. The molecule has 1 fully saturated rings. The van der Waals surface area contributed by atoms with E-state index < -0.39 is 0 Å². The molecule has 0 saturated carbocycles. The number of nitrogens with zero attached hydrogens (tertiary/aromatic N) is 3. The van der Waals surface area contributed by atoms with Gasteiger partial charge >= 0.3 is 0 Å². The van der Waals surface area contributed by atoms with Crippen LogP contribution in [0.4, 0.5) is 0 Å². The SMILES string of the molecule is CCN(CC)Cc1cc(C(=O)N2CCCC(N(C)C)CC2)c(C)o1. The van der Waals surface area contributed by atoms with Crippen molar-refractivity contribution in [3.05, 3.63) is 23.2 Å². The van der Waals surface area contributed by atoms with Gasteiger partial charge in [-0.2, -0.15) is 0 Å². The van der Waals surface area contributed by atoms with Crippen LogP contribution in [-0.2, 0) is 6.54 Å². The van der Waals surface area contributed by atoms with Crippen LogP contribution in [0.5, 0.6) is 0 Å². The molecule has 1 amide bonds. The quantitative estimate of drug-likeness (QED) is 0.801. The van der Waals surface area contributed by atoms with Crippen molar-refractivity contribution < 1.29 is 9.21 Å². The molecule has 5 heteroatoms. The van der Waals surface area contributed by atoms with Gasteiger partial charge in [0.2, 0.25) is 0 Å². The summed E-state index contributed by atoms with van der Waals surface area (Å²) < 4.78 is 5.85. The Balaban J connectivity index is 2.05. The van der Waals surface area contributed by atoms with E-state index in [4.69, 9.17) is 4.42 Å². The lowest BCUT2D eigenvalue weighted by molar-refractivity contribution is 0.0757. The second-order valence-corrected chi connectivity index (χ2v) is 6.98. The molecule has 0 N–H and O–H groups in total. The van der Waals surface area contributed by atoms with Gasteiger partial charge in [-0.15, -0.1) is 0 Å². The third-order valence-electron chi connectivity index (χ3n) is 5.19. The van der Waals surface area contributed by atoms with Crippen LogP contribution < -0.4 is 0 Å². The second kappa shape index (κ2) is 8.67. The van der Waals surface area contributed by atoms with E-state index in [0.29, 0.717) is 6.04 Å².